The van der Waals surface area contributed by atoms with E-state index in [9.17, 15) is 4.79 Å². The van der Waals surface area contributed by atoms with Gasteiger partial charge in [-0.05, 0) is 6.92 Å². The molecule has 3 atom stereocenters. The Morgan fingerprint density at radius 3 is 2.80 bits per heavy atom. The molecule has 0 bridgehead atoms. The quantitative estimate of drug-likeness (QED) is 0.911. The van der Waals surface area contributed by atoms with E-state index in [-0.39, 0.29) is 48.8 Å². The van der Waals surface area contributed by atoms with Crippen molar-refractivity contribution in [3.8, 4) is 0 Å². The van der Waals surface area contributed by atoms with Crippen LogP contribution in [-0.4, -0.2) is 41.5 Å². The van der Waals surface area contributed by atoms with Gasteiger partial charge in [-0.25, -0.2) is 4.98 Å². The van der Waals surface area contributed by atoms with Gasteiger partial charge in [0, 0.05) is 24.2 Å². The van der Waals surface area contributed by atoms with E-state index in [1.807, 2.05) is 24.1 Å². The predicted octanol–water partition coefficient (Wildman–Crippen LogP) is 1.87. The Kier molecular flexibility index (Phi) is 8.62. The van der Waals surface area contributed by atoms with Gasteiger partial charge in [-0.2, -0.15) is 0 Å². The van der Waals surface area contributed by atoms with E-state index in [1.165, 1.54) is 0 Å². The first kappa shape index (κ1) is 19.6. The third kappa shape index (κ3) is 4.56. The molecule has 8 heteroatoms. The Balaban J connectivity index is 0.00000180. The summed E-state index contributed by atoms with van der Waals surface area (Å²) in [5.74, 6) is -0.0464. The molecule has 2 N–H and O–H groups in total. The van der Waals surface area contributed by atoms with Gasteiger partial charge in [-0.3, -0.25) is 4.79 Å². The maximum atomic E-state index is 12.2. The number of hydrogen-bond acceptors (Lipinski definition) is 5. The monoisotopic (exact) mass is 341 g/mol. The largest absolute Gasteiger partial charge is 0.367 e. The lowest BCUT2D eigenvalue weighted by molar-refractivity contribution is -0.143. The van der Waals surface area contributed by atoms with Crippen LogP contribution >= 0.6 is 36.2 Å². The van der Waals surface area contributed by atoms with Gasteiger partial charge < -0.3 is 15.4 Å². The zero-order chi connectivity index (χ0) is 13.1. The second-order valence-electron chi connectivity index (χ2n) is 4.66. The molecule has 1 aromatic heterocycles. The van der Waals surface area contributed by atoms with Gasteiger partial charge in [-0.1, -0.05) is 6.92 Å². The summed E-state index contributed by atoms with van der Waals surface area (Å²) in [6, 6.07) is -0.126. The van der Waals surface area contributed by atoms with E-state index in [1.54, 1.807) is 17.5 Å². The van der Waals surface area contributed by atoms with Gasteiger partial charge in [0.05, 0.1) is 19.1 Å². The van der Waals surface area contributed by atoms with E-state index in [0.29, 0.717) is 19.7 Å². The van der Waals surface area contributed by atoms with Crippen molar-refractivity contribution in [2.45, 2.75) is 26.0 Å². The van der Waals surface area contributed by atoms with Gasteiger partial charge in [-0.15, -0.1) is 36.2 Å². The first-order chi connectivity index (χ1) is 8.59. The smallest absolute Gasteiger partial charge is 0.227 e. The number of halogens is 2. The normalized spacial score (nSPS) is 21.4. The summed E-state index contributed by atoms with van der Waals surface area (Å²) in [6.45, 7) is 5.50. The fraction of sp³-hybridized carbons (Fsp3) is 0.667. The van der Waals surface area contributed by atoms with Crippen LogP contribution in [0.25, 0.3) is 0 Å². The van der Waals surface area contributed by atoms with Gasteiger partial charge in [0.1, 0.15) is 11.1 Å². The van der Waals surface area contributed by atoms with Crippen molar-refractivity contribution in [2.24, 2.45) is 11.7 Å². The molecule has 1 amide bonds. The highest BCUT2D eigenvalue weighted by Gasteiger charge is 2.30. The van der Waals surface area contributed by atoms with E-state index in [4.69, 9.17) is 10.5 Å². The number of hydrogen-bond donors (Lipinski definition) is 1. The van der Waals surface area contributed by atoms with Crippen LogP contribution in [0.4, 0.5) is 0 Å². The minimum Gasteiger partial charge on any atom is -0.367 e. The van der Waals surface area contributed by atoms with Gasteiger partial charge in [0.15, 0.2) is 0 Å². The van der Waals surface area contributed by atoms with Crippen molar-refractivity contribution in [1.29, 1.82) is 0 Å². The molecule has 0 aliphatic carbocycles. The van der Waals surface area contributed by atoms with Gasteiger partial charge in [0.25, 0.3) is 0 Å². The number of carbonyl (C=O) groups is 1. The molecular weight excluding hydrogens is 321 g/mol. The zero-order valence-corrected chi connectivity index (χ0v) is 14.0. The molecule has 5 nitrogen and oxygen atoms in total. The summed E-state index contributed by atoms with van der Waals surface area (Å²) in [6.07, 6.45) is 1.66. The van der Waals surface area contributed by atoms with Gasteiger partial charge >= 0.3 is 0 Å². The second-order valence-corrected chi connectivity index (χ2v) is 5.59. The molecule has 1 aliphatic rings. The lowest BCUT2D eigenvalue weighted by atomic mass is 10.0. The Morgan fingerprint density at radius 1 is 1.55 bits per heavy atom. The first-order valence-electron chi connectivity index (χ1n) is 6.15. The summed E-state index contributed by atoms with van der Waals surface area (Å²) < 4.78 is 5.67. The highest BCUT2D eigenvalue weighted by Crippen LogP contribution is 2.24. The second kappa shape index (κ2) is 8.79. The van der Waals surface area contributed by atoms with Crippen LogP contribution in [0, 0.1) is 5.92 Å². The third-order valence-corrected chi connectivity index (χ3v) is 4.15. The molecular formula is C12H21Cl2N3O2S. The molecule has 20 heavy (non-hydrogen) atoms. The number of nitrogens with two attached hydrogens (primary N) is 1. The Bertz CT molecular complexity index is 403. The number of amides is 1. The molecule has 3 unspecified atom stereocenters. The third-order valence-electron chi connectivity index (χ3n) is 3.28. The average Bonchev–Trinajstić information content (AvgIpc) is 2.91. The molecule has 1 saturated heterocycles. The minimum atomic E-state index is -0.153. The lowest BCUT2D eigenvalue weighted by Gasteiger charge is -2.34. The maximum Gasteiger partial charge on any atom is 0.227 e. The topological polar surface area (TPSA) is 68.5 Å². The zero-order valence-electron chi connectivity index (χ0n) is 11.5. The molecule has 0 radical (unpaired) electrons. The number of rotatable bonds is 3. The number of nitrogens with zero attached hydrogens (tertiary/aromatic N) is 2. The molecule has 1 aromatic rings. The van der Waals surface area contributed by atoms with Crippen LogP contribution in [0.15, 0.2) is 11.6 Å². The van der Waals surface area contributed by atoms with E-state index in [2.05, 4.69) is 4.98 Å². The minimum absolute atomic E-state index is 0. The summed E-state index contributed by atoms with van der Waals surface area (Å²) in [4.78, 5) is 18.3. The van der Waals surface area contributed by atoms with Crippen LogP contribution in [0.2, 0.25) is 0 Å². The van der Waals surface area contributed by atoms with Crippen molar-refractivity contribution in [1.82, 2.24) is 9.88 Å². The first-order valence-corrected chi connectivity index (χ1v) is 7.03. The van der Waals surface area contributed by atoms with E-state index < -0.39 is 0 Å². The van der Waals surface area contributed by atoms with Crippen LogP contribution in [0.5, 0.6) is 0 Å². The number of aromatic nitrogens is 1. The number of thiazole rings is 1. The molecule has 1 fully saturated rings. The van der Waals surface area contributed by atoms with Crippen LogP contribution in [0.3, 0.4) is 0 Å². The highest BCUT2D eigenvalue weighted by atomic mass is 35.5. The summed E-state index contributed by atoms with van der Waals surface area (Å²) in [7, 11) is 0. The van der Waals surface area contributed by atoms with Crippen molar-refractivity contribution >= 4 is 42.1 Å². The summed E-state index contributed by atoms with van der Waals surface area (Å²) >= 11 is 1.56. The van der Waals surface area contributed by atoms with Crippen molar-refractivity contribution in [3.63, 3.8) is 0 Å². The molecule has 2 rings (SSSR count). The predicted molar refractivity (Wildman–Crippen MR) is 84.7 cm³/mol. The van der Waals surface area contributed by atoms with Crippen molar-refractivity contribution in [3.05, 3.63) is 16.6 Å². The molecule has 0 aromatic carbocycles. The molecule has 0 saturated carbocycles. The number of morpholine rings is 1. The molecule has 0 spiro atoms. The SMILES string of the molecule is CC(N)C(C)C(=O)N1CCOC(c2nccs2)C1.Cl.Cl. The standard InChI is InChI=1S/C12H19N3O2S.2ClH/c1-8(9(2)13)12(16)15-4-5-17-10(7-15)11-14-3-6-18-11;;/h3,6,8-10H,4-5,7,13H2,1-2H3;2*1H. The van der Waals surface area contributed by atoms with Crippen LogP contribution < -0.4 is 5.73 Å². The fourth-order valence-electron chi connectivity index (χ4n) is 1.91. The lowest BCUT2D eigenvalue weighted by Crippen LogP contribution is -2.47. The maximum absolute atomic E-state index is 12.2. The Morgan fingerprint density at radius 2 is 2.25 bits per heavy atom. The van der Waals surface area contributed by atoms with Gasteiger partial charge in [0.2, 0.25) is 5.91 Å². The number of carbonyl (C=O) groups excluding carboxylic acids is 1. The highest BCUT2D eigenvalue weighted by molar-refractivity contribution is 7.09. The fourth-order valence-corrected chi connectivity index (χ4v) is 2.58. The van der Waals surface area contributed by atoms with Crippen LogP contribution in [0.1, 0.15) is 25.0 Å². The Labute approximate surface area is 135 Å². The van der Waals surface area contributed by atoms with Crippen molar-refractivity contribution in [2.75, 3.05) is 19.7 Å². The van der Waals surface area contributed by atoms with Crippen molar-refractivity contribution < 1.29 is 9.53 Å². The average molecular weight is 342 g/mol. The molecule has 2 heterocycles. The molecule has 1 aliphatic heterocycles. The molecule has 116 valence electrons. The number of ether oxygens (including phenoxy) is 1. The Hall–Kier alpha value is -0.400. The van der Waals surface area contributed by atoms with E-state index in [0.717, 1.165) is 5.01 Å². The summed E-state index contributed by atoms with van der Waals surface area (Å²) in [5, 5.41) is 2.85. The summed E-state index contributed by atoms with van der Waals surface area (Å²) in [5.41, 5.74) is 5.78. The van der Waals surface area contributed by atoms with E-state index >= 15 is 0 Å². The van der Waals surface area contributed by atoms with Crippen LogP contribution in [-0.2, 0) is 9.53 Å².